The number of hydrogen-bond donors (Lipinski definition) is 2. The van der Waals surface area contributed by atoms with Crippen LogP contribution in [0.4, 0.5) is 18.0 Å². The zero-order valence-electron chi connectivity index (χ0n) is 14.2. The lowest BCUT2D eigenvalue weighted by atomic mass is 9.69. The second-order valence-corrected chi connectivity index (χ2v) is 7.09. The summed E-state index contributed by atoms with van der Waals surface area (Å²) in [5.41, 5.74) is 0.159. The molecule has 2 N–H and O–H groups in total. The smallest absolute Gasteiger partial charge is 0.406 e. The van der Waals surface area contributed by atoms with Gasteiger partial charge in [-0.05, 0) is 57.5 Å². The second-order valence-electron chi connectivity index (χ2n) is 7.09. The van der Waals surface area contributed by atoms with E-state index >= 15 is 0 Å². The molecule has 1 spiro atoms. The van der Waals surface area contributed by atoms with Crippen molar-refractivity contribution >= 4 is 6.03 Å². The predicted molar refractivity (Wildman–Crippen MR) is 86.2 cm³/mol. The lowest BCUT2D eigenvalue weighted by molar-refractivity contribution is -0.274. The minimum Gasteiger partial charge on any atom is -0.406 e. The highest BCUT2D eigenvalue weighted by Gasteiger charge is 2.48. The van der Waals surface area contributed by atoms with Crippen LogP contribution in [0.2, 0.25) is 0 Å². The fourth-order valence-electron chi connectivity index (χ4n) is 4.00. The number of benzene rings is 1. The number of alkyl halides is 3. The van der Waals surface area contributed by atoms with Crippen molar-refractivity contribution in [2.24, 2.45) is 0 Å². The number of urea groups is 1. The molecule has 0 atom stereocenters. The van der Waals surface area contributed by atoms with Gasteiger partial charge in [-0.25, -0.2) is 4.79 Å². The molecule has 2 aliphatic rings. The molecule has 0 unspecified atom stereocenters. The maximum absolute atomic E-state index is 12.5. The molecule has 0 aromatic heterocycles. The van der Waals surface area contributed by atoms with Crippen molar-refractivity contribution in [2.45, 2.75) is 43.1 Å². The molecule has 2 amide bonds. The molecule has 1 heterocycles. The van der Waals surface area contributed by atoms with Crippen LogP contribution in [-0.2, 0) is 5.54 Å². The molecule has 1 aromatic rings. The molecule has 1 aliphatic carbocycles. The zero-order chi connectivity index (χ0) is 18.3. The number of nitrogens with one attached hydrogen (secondary N) is 2. The predicted octanol–water partition coefficient (Wildman–Crippen LogP) is 2.97. The van der Waals surface area contributed by atoms with Gasteiger partial charge < -0.3 is 15.4 Å². The number of hydrogen-bond acceptors (Lipinski definition) is 3. The van der Waals surface area contributed by atoms with Gasteiger partial charge in [0.05, 0.1) is 5.54 Å². The fraction of sp³-hybridized carbons (Fsp3) is 0.588. The average Bonchev–Trinajstić information content (AvgIpc) is 2.87. The van der Waals surface area contributed by atoms with Crippen molar-refractivity contribution in [3.05, 3.63) is 29.8 Å². The molecular weight excluding hydrogens is 335 g/mol. The quantitative estimate of drug-likeness (QED) is 0.875. The molecule has 0 radical (unpaired) electrons. The van der Waals surface area contributed by atoms with E-state index in [0.29, 0.717) is 6.54 Å². The van der Waals surface area contributed by atoms with Gasteiger partial charge in [0, 0.05) is 12.1 Å². The molecule has 1 saturated heterocycles. The van der Waals surface area contributed by atoms with Gasteiger partial charge in [-0.15, -0.1) is 13.2 Å². The molecule has 2 fully saturated rings. The van der Waals surface area contributed by atoms with E-state index in [0.717, 1.165) is 31.2 Å². The Morgan fingerprint density at radius 3 is 2.36 bits per heavy atom. The third kappa shape index (κ3) is 3.53. The van der Waals surface area contributed by atoms with E-state index < -0.39 is 6.36 Å². The van der Waals surface area contributed by atoms with Crippen LogP contribution in [0.1, 0.15) is 31.2 Å². The van der Waals surface area contributed by atoms with Crippen LogP contribution in [-0.4, -0.2) is 43.5 Å². The monoisotopic (exact) mass is 357 g/mol. The maximum Gasteiger partial charge on any atom is 0.573 e. The van der Waals surface area contributed by atoms with Gasteiger partial charge in [0.15, 0.2) is 0 Å². The fourth-order valence-corrected chi connectivity index (χ4v) is 4.00. The summed E-state index contributed by atoms with van der Waals surface area (Å²) in [5.74, 6) is -0.206. The van der Waals surface area contributed by atoms with Crippen LogP contribution in [0, 0.1) is 0 Å². The Hall–Kier alpha value is -1.96. The molecule has 0 bridgehead atoms. The Bertz CT molecular complexity index is 653. The van der Waals surface area contributed by atoms with Crippen LogP contribution in [0.25, 0.3) is 0 Å². The summed E-state index contributed by atoms with van der Waals surface area (Å²) < 4.78 is 41.7. The Balaban J connectivity index is 1.85. The SMILES string of the molecule is CN(C)C1(c2cccc(OC(F)(F)F)c2)CCC2(CC1)CNC(=O)N2. The lowest BCUT2D eigenvalue weighted by Gasteiger charge is -2.48. The first-order chi connectivity index (χ1) is 11.6. The summed E-state index contributed by atoms with van der Waals surface area (Å²) in [6, 6.07) is 6.05. The van der Waals surface area contributed by atoms with Crippen molar-refractivity contribution in [1.82, 2.24) is 15.5 Å². The zero-order valence-corrected chi connectivity index (χ0v) is 14.2. The van der Waals surface area contributed by atoms with Gasteiger partial charge in [-0.2, -0.15) is 0 Å². The third-order valence-electron chi connectivity index (χ3n) is 5.46. The highest BCUT2D eigenvalue weighted by atomic mass is 19.4. The third-order valence-corrected chi connectivity index (χ3v) is 5.46. The Kier molecular flexibility index (Phi) is 4.35. The van der Waals surface area contributed by atoms with Gasteiger partial charge in [0.2, 0.25) is 0 Å². The van der Waals surface area contributed by atoms with Crippen molar-refractivity contribution in [1.29, 1.82) is 0 Å². The van der Waals surface area contributed by atoms with E-state index in [-0.39, 0.29) is 22.9 Å². The highest BCUT2D eigenvalue weighted by Crippen LogP contribution is 2.45. The van der Waals surface area contributed by atoms with Crippen molar-refractivity contribution in [3.63, 3.8) is 0 Å². The highest BCUT2D eigenvalue weighted by molar-refractivity contribution is 5.77. The van der Waals surface area contributed by atoms with E-state index in [1.165, 1.54) is 12.1 Å². The van der Waals surface area contributed by atoms with Crippen LogP contribution in [0.3, 0.4) is 0 Å². The van der Waals surface area contributed by atoms with Gasteiger partial charge in [0.1, 0.15) is 5.75 Å². The topological polar surface area (TPSA) is 53.6 Å². The summed E-state index contributed by atoms with van der Waals surface area (Å²) in [7, 11) is 3.86. The standard InChI is InChI=1S/C17H22F3N3O2/c1-23(2)16(8-6-15(7-9-16)11-21-14(24)22-15)12-4-3-5-13(10-12)25-17(18,19)20/h3-5,10H,6-9,11H2,1-2H3,(H2,21,22,24). The van der Waals surface area contributed by atoms with Crippen molar-refractivity contribution in [3.8, 4) is 5.75 Å². The van der Waals surface area contributed by atoms with Gasteiger partial charge in [0.25, 0.3) is 0 Å². The summed E-state index contributed by atoms with van der Waals surface area (Å²) in [5, 5.41) is 5.80. The minimum atomic E-state index is -4.71. The van der Waals surface area contributed by atoms with Crippen LogP contribution >= 0.6 is 0 Å². The summed E-state index contributed by atoms with van der Waals surface area (Å²) in [6.45, 7) is 0.590. The van der Waals surface area contributed by atoms with Gasteiger partial charge >= 0.3 is 12.4 Å². The minimum absolute atomic E-state index is 0.155. The number of rotatable bonds is 3. The van der Waals surface area contributed by atoms with E-state index in [1.54, 1.807) is 6.07 Å². The second kappa shape index (κ2) is 6.09. The Labute approximate surface area is 144 Å². The number of carbonyl (C=O) groups excluding carboxylic acids is 1. The molecule has 5 nitrogen and oxygen atoms in total. The largest absolute Gasteiger partial charge is 0.573 e. The van der Waals surface area contributed by atoms with E-state index in [9.17, 15) is 18.0 Å². The van der Waals surface area contributed by atoms with Crippen molar-refractivity contribution < 1.29 is 22.7 Å². The molecule has 1 saturated carbocycles. The van der Waals surface area contributed by atoms with Crippen LogP contribution in [0.5, 0.6) is 5.75 Å². The maximum atomic E-state index is 12.5. The summed E-state index contributed by atoms with van der Waals surface area (Å²) in [6.07, 6.45) is -1.72. The summed E-state index contributed by atoms with van der Waals surface area (Å²) in [4.78, 5) is 13.6. The Morgan fingerprint density at radius 1 is 1.16 bits per heavy atom. The lowest BCUT2D eigenvalue weighted by Crippen LogP contribution is -2.54. The first-order valence-corrected chi connectivity index (χ1v) is 8.24. The molecule has 8 heteroatoms. The van der Waals surface area contributed by atoms with E-state index in [1.807, 2.05) is 20.2 Å². The average molecular weight is 357 g/mol. The molecule has 1 aliphatic heterocycles. The van der Waals surface area contributed by atoms with Gasteiger partial charge in [-0.1, -0.05) is 12.1 Å². The molecule has 3 rings (SSSR count). The molecular formula is C17H22F3N3O2. The van der Waals surface area contributed by atoms with Crippen molar-refractivity contribution in [2.75, 3.05) is 20.6 Å². The van der Waals surface area contributed by atoms with Crippen LogP contribution in [0.15, 0.2) is 24.3 Å². The molecule has 138 valence electrons. The molecule has 25 heavy (non-hydrogen) atoms. The summed E-state index contributed by atoms with van der Waals surface area (Å²) >= 11 is 0. The number of halogens is 3. The molecule has 1 aromatic carbocycles. The normalized spacial score (nSPS) is 29.6. The first-order valence-electron chi connectivity index (χ1n) is 8.24. The van der Waals surface area contributed by atoms with Crippen LogP contribution < -0.4 is 15.4 Å². The Morgan fingerprint density at radius 2 is 1.84 bits per heavy atom. The first kappa shape index (κ1) is 17.8. The number of carbonyl (C=O) groups is 1. The van der Waals surface area contributed by atoms with E-state index in [4.69, 9.17) is 0 Å². The number of ether oxygens (including phenoxy) is 1. The number of amides is 2. The van der Waals surface area contributed by atoms with Gasteiger partial charge in [-0.3, -0.25) is 4.90 Å². The van der Waals surface area contributed by atoms with E-state index in [2.05, 4.69) is 20.3 Å². The number of nitrogens with zero attached hydrogens (tertiary/aromatic N) is 1.